The highest BCUT2D eigenvalue weighted by atomic mass is 19.2. The Morgan fingerprint density at radius 3 is 2.74 bits per heavy atom. The third kappa shape index (κ3) is 5.28. The molecule has 7 heteroatoms. The lowest BCUT2D eigenvalue weighted by Crippen LogP contribution is -2.37. The Labute approximate surface area is 133 Å². The minimum absolute atomic E-state index is 0.0214. The quantitative estimate of drug-likeness (QED) is 0.873. The molecule has 1 N–H and O–H groups in total. The zero-order valence-electron chi connectivity index (χ0n) is 13.0. The number of carbonyl (C=O) groups excluding carboxylic acids is 2. The number of amides is 2. The van der Waals surface area contributed by atoms with E-state index in [0.29, 0.717) is 13.2 Å². The van der Waals surface area contributed by atoms with Gasteiger partial charge in [0.25, 0.3) is 0 Å². The van der Waals surface area contributed by atoms with E-state index in [0.717, 1.165) is 25.0 Å². The SMILES string of the molecule is CC(=O)N(CCC(=O)Nc1ccc(F)c(F)c1)CC1CCCO1. The molecule has 1 aliphatic heterocycles. The second-order valence-corrected chi connectivity index (χ2v) is 5.53. The van der Waals surface area contributed by atoms with Gasteiger partial charge in [-0.1, -0.05) is 0 Å². The van der Waals surface area contributed by atoms with Crippen molar-refractivity contribution in [3.8, 4) is 0 Å². The third-order valence-electron chi connectivity index (χ3n) is 3.71. The van der Waals surface area contributed by atoms with Crippen LogP contribution in [0.2, 0.25) is 0 Å². The van der Waals surface area contributed by atoms with E-state index in [9.17, 15) is 18.4 Å². The zero-order chi connectivity index (χ0) is 16.8. The van der Waals surface area contributed by atoms with Crippen LogP contribution in [0.25, 0.3) is 0 Å². The van der Waals surface area contributed by atoms with E-state index in [1.807, 2.05) is 0 Å². The Bertz CT molecular complexity index is 574. The number of halogens is 2. The first-order valence-electron chi connectivity index (χ1n) is 7.57. The molecule has 1 saturated heterocycles. The molecule has 0 bridgehead atoms. The molecule has 126 valence electrons. The summed E-state index contributed by atoms with van der Waals surface area (Å²) >= 11 is 0. The fourth-order valence-electron chi connectivity index (χ4n) is 2.45. The highest BCUT2D eigenvalue weighted by Gasteiger charge is 2.21. The summed E-state index contributed by atoms with van der Waals surface area (Å²) in [6, 6.07) is 3.15. The summed E-state index contributed by atoms with van der Waals surface area (Å²) in [6.45, 7) is 2.87. The summed E-state index contributed by atoms with van der Waals surface area (Å²) in [5, 5.41) is 2.48. The van der Waals surface area contributed by atoms with E-state index in [4.69, 9.17) is 4.74 Å². The van der Waals surface area contributed by atoms with Crippen LogP contribution in [0.4, 0.5) is 14.5 Å². The Hall–Kier alpha value is -2.02. The first-order valence-corrected chi connectivity index (χ1v) is 7.57. The molecule has 0 saturated carbocycles. The molecule has 5 nitrogen and oxygen atoms in total. The number of hydrogen-bond donors (Lipinski definition) is 1. The molecule has 1 unspecified atom stereocenters. The van der Waals surface area contributed by atoms with Crippen molar-refractivity contribution in [2.75, 3.05) is 25.0 Å². The molecule has 0 aromatic heterocycles. The van der Waals surface area contributed by atoms with Gasteiger partial charge in [0.2, 0.25) is 11.8 Å². The molecule has 23 heavy (non-hydrogen) atoms. The Kier molecular flexibility index (Phi) is 6.04. The summed E-state index contributed by atoms with van der Waals surface area (Å²) in [5.41, 5.74) is 0.183. The van der Waals surface area contributed by atoms with Gasteiger partial charge in [0, 0.05) is 44.8 Å². The predicted octanol–water partition coefficient (Wildman–Crippen LogP) is 2.32. The molecule has 1 fully saturated rings. The minimum atomic E-state index is -1.02. The maximum atomic E-state index is 13.1. The third-order valence-corrected chi connectivity index (χ3v) is 3.71. The first-order chi connectivity index (χ1) is 11.0. The minimum Gasteiger partial charge on any atom is -0.376 e. The fourth-order valence-corrected chi connectivity index (χ4v) is 2.45. The summed E-state index contributed by atoms with van der Waals surface area (Å²) in [5.74, 6) is -2.48. The second kappa shape index (κ2) is 8.01. The van der Waals surface area contributed by atoms with Crippen LogP contribution in [0.1, 0.15) is 26.2 Å². The molecule has 1 aromatic carbocycles. The lowest BCUT2D eigenvalue weighted by molar-refractivity contribution is -0.130. The smallest absolute Gasteiger partial charge is 0.226 e. The van der Waals surface area contributed by atoms with Crippen molar-refractivity contribution in [2.24, 2.45) is 0 Å². The number of benzene rings is 1. The molecule has 2 amide bonds. The maximum absolute atomic E-state index is 13.1. The van der Waals surface area contributed by atoms with Gasteiger partial charge in [-0.25, -0.2) is 8.78 Å². The number of anilines is 1. The van der Waals surface area contributed by atoms with Crippen molar-refractivity contribution in [3.05, 3.63) is 29.8 Å². The van der Waals surface area contributed by atoms with Gasteiger partial charge in [-0.3, -0.25) is 9.59 Å². The number of ether oxygens (including phenoxy) is 1. The summed E-state index contributed by atoms with van der Waals surface area (Å²) in [6.07, 6.45) is 1.98. The van der Waals surface area contributed by atoms with Crippen LogP contribution < -0.4 is 5.32 Å². The van der Waals surface area contributed by atoms with Gasteiger partial charge in [0.05, 0.1) is 6.10 Å². The topological polar surface area (TPSA) is 58.6 Å². The number of nitrogens with one attached hydrogen (secondary N) is 1. The van der Waals surface area contributed by atoms with Crippen molar-refractivity contribution >= 4 is 17.5 Å². The maximum Gasteiger partial charge on any atom is 0.226 e. The van der Waals surface area contributed by atoms with Gasteiger partial charge in [0.1, 0.15) is 0 Å². The summed E-state index contributed by atoms with van der Waals surface area (Å²) < 4.78 is 31.4. The van der Waals surface area contributed by atoms with Crippen molar-refractivity contribution < 1.29 is 23.1 Å². The van der Waals surface area contributed by atoms with E-state index >= 15 is 0 Å². The first kappa shape index (κ1) is 17.3. The van der Waals surface area contributed by atoms with Gasteiger partial charge >= 0.3 is 0 Å². The molecular formula is C16H20F2N2O3. The predicted molar refractivity (Wildman–Crippen MR) is 80.8 cm³/mol. The normalized spacial score (nSPS) is 17.1. The van der Waals surface area contributed by atoms with Crippen LogP contribution >= 0.6 is 0 Å². The second-order valence-electron chi connectivity index (χ2n) is 5.53. The molecule has 2 rings (SSSR count). The lowest BCUT2D eigenvalue weighted by atomic mass is 10.2. The highest BCUT2D eigenvalue weighted by molar-refractivity contribution is 5.91. The largest absolute Gasteiger partial charge is 0.376 e. The van der Waals surface area contributed by atoms with Gasteiger partial charge in [-0.15, -0.1) is 0 Å². The summed E-state index contributed by atoms with van der Waals surface area (Å²) in [7, 11) is 0. The van der Waals surface area contributed by atoms with Crippen LogP contribution in [0.5, 0.6) is 0 Å². The molecule has 1 heterocycles. The monoisotopic (exact) mass is 326 g/mol. The van der Waals surface area contributed by atoms with Crippen LogP contribution in [0.15, 0.2) is 18.2 Å². The lowest BCUT2D eigenvalue weighted by Gasteiger charge is -2.23. The number of nitrogens with zero attached hydrogens (tertiary/aromatic N) is 1. The highest BCUT2D eigenvalue weighted by Crippen LogP contribution is 2.15. The number of hydrogen-bond acceptors (Lipinski definition) is 3. The Balaban J connectivity index is 1.83. The molecule has 0 aliphatic carbocycles. The molecule has 0 radical (unpaired) electrons. The van der Waals surface area contributed by atoms with Crippen LogP contribution in [0, 0.1) is 11.6 Å². The van der Waals surface area contributed by atoms with Crippen molar-refractivity contribution in [2.45, 2.75) is 32.3 Å². The van der Waals surface area contributed by atoms with Gasteiger partial charge in [-0.05, 0) is 25.0 Å². The van der Waals surface area contributed by atoms with Crippen molar-refractivity contribution in [1.82, 2.24) is 4.90 Å². The van der Waals surface area contributed by atoms with Crippen LogP contribution in [-0.2, 0) is 14.3 Å². The van der Waals surface area contributed by atoms with E-state index in [-0.39, 0.29) is 36.6 Å². The van der Waals surface area contributed by atoms with E-state index in [2.05, 4.69) is 5.32 Å². The molecular weight excluding hydrogens is 306 g/mol. The number of carbonyl (C=O) groups is 2. The molecule has 1 atom stereocenters. The average molecular weight is 326 g/mol. The number of rotatable bonds is 6. The van der Waals surface area contributed by atoms with E-state index in [1.165, 1.54) is 13.0 Å². The molecule has 1 aromatic rings. The van der Waals surface area contributed by atoms with Crippen LogP contribution in [-0.4, -0.2) is 42.5 Å². The van der Waals surface area contributed by atoms with Crippen molar-refractivity contribution in [3.63, 3.8) is 0 Å². The van der Waals surface area contributed by atoms with Crippen molar-refractivity contribution in [1.29, 1.82) is 0 Å². The summed E-state index contributed by atoms with van der Waals surface area (Å²) in [4.78, 5) is 25.1. The van der Waals surface area contributed by atoms with E-state index in [1.54, 1.807) is 4.90 Å². The molecule has 0 spiro atoms. The van der Waals surface area contributed by atoms with Crippen LogP contribution in [0.3, 0.4) is 0 Å². The Morgan fingerprint density at radius 2 is 2.13 bits per heavy atom. The Morgan fingerprint density at radius 1 is 1.35 bits per heavy atom. The fraction of sp³-hybridized carbons (Fsp3) is 0.500. The molecule has 1 aliphatic rings. The average Bonchev–Trinajstić information content (AvgIpc) is 3.00. The van der Waals surface area contributed by atoms with E-state index < -0.39 is 11.6 Å². The van der Waals surface area contributed by atoms with Gasteiger partial charge in [-0.2, -0.15) is 0 Å². The zero-order valence-corrected chi connectivity index (χ0v) is 13.0. The van der Waals surface area contributed by atoms with Gasteiger partial charge < -0.3 is 15.0 Å². The standard InChI is InChI=1S/C16H20F2N2O3/c1-11(21)20(10-13-3-2-8-23-13)7-6-16(22)19-12-4-5-14(17)15(18)9-12/h4-5,9,13H,2-3,6-8,10H2,1H3,(H,19,22). The van der Waals surface area contributed by atoms with Gasteiger partial charge in [0.15, 0.2) is 11.6 Å².